The number of nitrogens with zero attached hydrogens (tertiary/aromatic N) is 2. The molecule has 1 aromatic carbocycles. The first-order chi connectivity index (χ1) is 10.1. The zero-order chi connectivity index (χ0) is 15.4. The van der Waals surface area contributed by atoms with E-state index in [9.17, 15) is 0 Å². The van der Waals surface area contributed by atoms with Crippen LogP contribution in [0, 0.1) is 0 Å². The van der Waals surface area contributed by atoms with Gasteiger partial charge in [-0.1, -0.05) is 23.8 Å². The summed E-state index contributed by atoms with van der Waals surface area (Å²) in [5.41, 5.74) is 6.85. The van der Waals surface area contributed by atoms with Crippen LogP contribution >= 0.6 is 23.8 Å². The van der Waals surface area contributed by atoms with E-state index in [1.807, 2.05) is 0 Å². The lowest BCUT2D eigenvalue weighted by Crippen LogP contribution is -2.13. The highest BCUT2D eigenvalue weighted by Crippen LogP contribution is 2.37. The molecule has 0 aliphatic heterocycles. The van der Waals surface area contributed by atoms with Crippen LogP contribution in [0.15, 0.2) is 24.4 Å². The minimum atomic E-state index is 0.215. The van der Waals surface area contributed by atoms with Gasteiger partial charge >= 0.3 is 0 Å². The number of benzene rings is 1. The van der Waals surface area contributed by atoms with Crippen molar-refractivity contribution in [2.45, 2.75) is 0 Å². The molecule has 0 aliphatic rings. The van der Waals surface area contributed by atoms with Crippen LogP contribution in [0.3, 0.4) is 0 Å². The summed E-state index contributed by atoms with van der Waals surface area (Å²) in [7, 11) is 3.06. The fraction of sp³-hybridized carbons (Fsp3) is 0.154. The smallest absolute Gasteiger partial charge is 0.163 e. The summed E-state index contributed by atoms with van der Waals surface area (Å²) in [6, 6.07) is 5.01. The number of rotatable bonds is 5. The number of methoxy groups -OCH3 is 2. The molecule has 8 heteroatoms. The Balaban J connectivity index is 2.46. The maximum Gasteiger partial charge on any atom is 0.163 e. The van der Waals surface area contributed by atoms with Crippen LogP contribution in [0.4, 0.5) is 11.5 Å². The van der Waals surface area contributed by atoms with Gasteiger partial charge in [0.25, 0.3) is 0 Å². The number of nitrogens with two attached hydrogens (primary N) is 1. The van der Waals surface area contributed by atoms with E-state index in [0.717, 1.165) is 0 Å². The molecule has 1 aromatic heterocycles. The van der Waals surface area contributed by atoms with Crippen molar-refractivity contribution in [3.8, 4) is 11.5 Å². The molecule has 0 amide bonds. The molecule has 0 radical (unpaired) electrons. The predicted molar refractivity (Wildman–Crippen MR) is 85.8 cm³/mol. The van der Waals surface area contributed by atoms with Gasteiger partial charge in [-0.15, -0.1) is 5.10 Å². The third-order valence-corrected chi connectivity index (χ3v) is 3.23. The van der Waals surface area contributed by atoms with Crippen LogP contribution < -0.4 is 20.5 Å². The molecule has 1 heterocycles. The molecule has 0 atom stereocenters. The Labute approximate surface area is 132 Å². The summed E-state index contributed by atoms with van der Waals surface area (Å²) in [6.45, 7) is 0. The van der Waals surface area contributed by atoms with Crippen molar-refractivity contribution >= 4 is 40.3 Å². The second kappa shape index (κ2) is 6.55. The molecule has 0 fully saturated rings. The monoisotopic (exact) mass is 324 g/mol. The third-order valence-electron chi connectivity index (χ3n) is 2.71. The Kier molecular flexibility index (Phi) is 4.77. The van der Waals surface area contributed by atoms with Gasteiger partial charge in [0.1, 0.15) is 16.5 Å². The second-order valence-corrected chi connectivity index (χ2v) is 4.82. The quantitative estimate of drug-likeness (QED) is 0.818. The SMILES string of the molecule is COc1cc(Nc2nnccc2C(N)=S)c(OC)cc1Cl. The maximum atomic E-state index is 6.06. The van der Waals surface area contributed by atoms with Gasteiger partial charge in [-0.3, -0.25) is 0 Å². The van der Waals surface area contributed by atoms with Gasteiger partial charge in [-0.05, 0) is 6.07 Å². The highest BCUT2D eigenvalue weighted by Gasteiger charge is 2.13. The highest BCUT2D eigenvalue weighted by molar-refractivity contribution is 7.80. The molecule has 3 N–H and O–H groups in total. The number of halogens is 1. The minimum absolute atomic E-state index is 0.215. The molecule has 2 rings (SSSR count). The summed E-state index contributed by atoms with van der Waals surface area (Å²) in [4.78, 5) is 0.215. The Hall–Kier alpha value is -2.12. The largest absolute Gasteiger partial charge is 0.495 e. The number of anilines is 2. The van der Waals surface area contributed by atoms with Gasteiger partial charge in [-0.25, -0.2) is 0 Å². The summed E-state index contributed by atoms with van der Waals surface area (Å²) in [5.74, 6) is 1.45. The number of hydrogen-bond donors (Lipinski definition) is 2. The van der Waals surface area contributed by atoms with E-state index in [4.69, 9.17) is 39.0 Å². The van der Waals surface area contributed by atoms with Gasteiger partial charge in [0.15, 0.2) is 5.82 Å². The lowest BCUT2D eigenvalue weighted by atomic mass is 10.2. The molecule has 2 aromatic rings. The first kappa shape index (κ1) is 15.3. The van der Waals surface area contributed by atoms with E-state index in [1.165, 1.54) is 20.4 Å². The average molecular weight is 325 g/mol. The second-order valence-electron chi connectivity index (χ2n) is 3.97. The topological polar surface area (TPSA) is 82.3 Å². The number of nitrogens with one attached hydrogen (secondary N) is 1. The Bertz CT molecular complexity index is 681. The molecule has 0 unspecified atom stereocenters. The standard InChI is InChI=1S/C13H13ClN4O2S/c1-19-10-6-9(11(20-2)5-8(10)14)17-13-7(12(15)21)3-4-16-18-13/h3-6H,1-2H3,(H2,15,21)(H,17,18). The summed E-state index contributed by atoms with van der Waals surface area (Å²) in [6.07, 6.45) is 1.51. The molecule has 0 saturated carbocycles. The fourth-order valence-corrected chi connectivity index (χ4v) is 2.10. The molecule has 6 nitrogen and oxygen atoms in total. The van der Waals surface area contributed by atoms with Crippen LogP contribution in [0.2, 0.25) is 5.02 Å². The fourth-order valence-electron chi connectivity index (χ4n) is 1.71. The van der Waals surface area contributed by atoms with Crippen LogP contribution in [-0.2, 0) is 0 Å². The summed E-state index contributed by atoms with van der Waals surface area (Å²) < 4.78 is 10.5. The van der Waals surface area contributed by atoms with E-state index in [0.29, 0.717) is 33.6 Å². The van der Waals surface area contributed by atoms with Crippen molar-refractivity contribution in [1.29, 1.82) is 0 Å². The Morgan fingerprint density at radius 3 is 2.62 bits per heavy atom. The van der Waals surface area contributed by atoms with Crippen molar-refractivity contribution in [1.82, 2.24) is 10.2 Å². The summed E-state index contributed by atoms with van der Waals surface area (Å²) >= 11 is 11.1. The lowest BCUT2D eigenvalue weighted by Gasteiger charge is -2.14. The Morgan fingerprint density at radius 2 is 2.00 bits per heavy atom. The van der Waals surface area contributed by atoms with Crippen molar-refractivity contribution < 1.29 is 9.47 Å². The van der Waals surface area contributed by atoms with Crippen molar-refractivity contribution in [2.75, 3.05) is 19.5 Å². The molecule has 0 saturated heterocycles. The van der Waals surface area contributed by atoms with Gasteiger partial charge < -0.3 is 20.5 Å². The van der Waals surface area contributed by atoms with E-state index in [2.05, 4.69) is 15.5 Å². The highest BCUT2D eigenvalue weighted by atomic mass is 35.5. The third kappa shape index (κ3) is 3.32. The van der Waals surface area contributed by atoms with E-state index in [-0.39, 0.29) is 4.99 Å². The van der Waals surface area contributed by atoms with Gasteiger partial charge in [0, 0.05) is 12.1 Å². The zero-order valence-corrected chi connectivity index (χ0v) is 13.0. The van der Waals surface area contributed by atoms with Crippen LogP contribution in [-0.4, -0.2) is 29.4 Å². The zero-order valence-electron chi connectivity index (χ0n) is 11.4. The number of aromatic nitrogens is 2. The number of ether oxygens (including phenoxy) is 2. The Morgan fingerprint density at radius 1 is 1.29 bits per heavy atom. The first-order valence-corrected chi connectivity index (χ1v) is 6.65. The minimum Gasteiger partial charge on any atom is -0.495 e. The average Bonchev–Trinajstić information content (AvgIpc) is 2.48. The predicted octanol–water partition coefficient (Wildman–Crippen LogP) is 2.53. The van der Waals surface area contributed by atoms with Crippen LogP contribution in [0.5, 0.6) is 11.5 Å². The molecule has 0 spiro atoms. The molecule has 0 bridgehead atoms. The van der Waals surface area contributed by atoms with E-state index in [1.54, 1.807) is 18.2 Å². The normalized spacial score (nSPS) is 10.0. The molecular formula is C13H13ClN4O2S. The maximum absolute atomic E-state index is 6.06. The molecule has 21 heavy (non-hydrogen) atoms. The van der Waals surface area contributed by atoms with Gasteiger partial charge in [0.2, 0.25) is 0 Å². The van der Waals surface area contributed by atoms with Crippen molar-refractivity contribution in [3.63, 3.8) is 0 Å². The molecule has 110 valence electrons. The number of thiocarbonyl (C=S) groups is 1. The van der Waals surface area contributed by atoms with Crippen LogP contribution in [0.1, 0.15) is 5.56 Å². The molecular weight excluding hydrogens is 312 g/mol. The van der Waals surface area contributed by atoms with Gasteiger partial charge in [0.05, 0.1) is 36.7 Å². The van der Waals surface area contributed by atoms with Crippen molar-refractivity contribution in [3.05, 3.63) is 35.0 Å². The lowest BCUT2D eigenvalue weighted by molar-refractivity contribution is 0.405. The summed E-state index contributed by atoms with van der Waals surface area (Å²) in [5, 5.41) is 11.3. The van der Waals surface area contributed by atoms with E-state index >= 15 is 0 Å². The molecule has 0 aliphatic carbocycles. The first-order valence-electron chi connectivity index (χ1n) is 5.87. The van der Waals surface area contributed by atoms with Gasteiger partial charge in [-0.2, -0.15) is 5.10 Å². The van der Waals surface area contributed by atoms with Crippen LogP contribution in [0.25, 0.3) is 0 Å². The van der Waals surface area contributed by atoms with Crippen molar-refractivity contribution in [2.24, 2.45) is 5.73 Å². The number of hydrogen-bond acceptors (Lipinski definition) is 6. The van der Waals surface area contributed by atoms with E-state index < -0.39 is 0 Å².